The minimum Gasteiger partial charge on any atom is -0.481 e. The Labute approximate surface area is 164 Å². The molecule has 0 unspecified atom stereocenters. The largest absolute Gasteiger partial charge is 0.481 e. The highest BCUT2D eigenvalue weighted by atomic mass is 16.5. The molecule has 8 nitrogen and oxygen atoms in total. The van der Waals surface area contributed by atoms with E-state index in [9.17, 15) is 19.2 Å². The fourth-order valence-electron chi connectivity index (χ4n) is 2.60. The molecule has 0 saturated carbocycles. The molecule has 0 saturated heterocycles. The Balaban J connectivity index is 2.87. The van der Waals surface area contributed by atoms with Gasteiger partial charge in [-0.1, -0.05) is 43.7 Å². The smallest absolute Gasteiger partial charge is 0.325 e. The lowest BCUT2D eigenvalue weighted by atomic mass is 10.1. The summed E-state index contributed by atoms with van der Waals surface area (Å²) >= 11 is 0. The molecule has 1 aromatic carbocycles. The molecule has 28 heavy (non-hydrogen) atoms. The first-order valence-electron chi connectivity index (χ1n) is 9.36. The summed E-state index contributed by atoms with van der Waals surface area (Å²) in [7, 11) is 0. The number of ether oxygens (including phenoxy) is 1. The molecular formula is C20H28N2O6. The molecule has 154 valence electrons. The van der Waals surface area contributed by atoms with Crippen LogP contribution in [0.1, 0.15) is 38.7 Å². The van der Waals surface area contributed by atoms with Crippen molar-refractivity contribution in [2.24, 2.45) is 0 Å². The number of benzene rings is 1. The van der Waals surface area contributed by atoms with Crippen molar-refractivity contribution in [1.82, 2.24) is 10.2 Å². The molecule has 0 spiro atoms. The number of amides is 2. The number of carboxylic acids is 1. The Morgan fingerprint density at radius 2 is 1.82 bits per heavy atom. The van der Waals surface area contributed by atoms with Gasteiger partial charge in [0, 0.05) is 6.54 Å². The topological polar surface area (TPSA) is 113 Å². The van der Waals surface area contributed by atoms with Crippen LogP contribution < -0.4 is 5.32 Å². The average molecular weight is 392 g/mol. The number of nitrogens with one attached hydrogen (secondary N) is 1. The van der Waals surface area contributed by atoms with E-state index in [0.717, 1.165) is 12.0 Å². The zero-order valence-electron chi connectivity index (χ0n) is 16.3. The third-order valence-corrected chi connectivity index (χ3v) is 3.94. The van der Waals surface area contributed by atoms with Crippen molar-refractivity contribution in [2.45, 2.75) is 45.6 Å². The van der Waals surface area contributed by atoms with Crippen molar-refractivity contribution in [2.75, 3.05) is 19.7 Å². The van der Waals surface area contributed by atoms with E-state index < -0.39 is 36.2 Å². The summed E-state index contributed by atoms with van der Waals surface area (Å²) in [5, 5.41) is 11.6. The molecule has 0 aliphatic heterocycles. The Morgan fingerprint density at radius 3 is 2.39 bits per heavy atom. The van der Waals surface area contributed by atoms with Gasteiger partial charge in [0.05, 0.1) is 19.4 Å². The first-order valence-corrected chi connectivity index (χ1v) is 9.36. The van der Waals surface area contributed by atoms with Crippen LogP contribution in [0.25, 0.3) is 0 Å². The zero-order valence-corrected chi connectivity index (χ0v) is 16.3. The van der Waals surface area contributed by atoms with Crippen molar-refractivity contribution < 1.29 is 29.0 Å². The first kappa shape index (κ1) is 23.1. The number of carboxylic acid groups (broad SMARTS) is 1. The van der Waals surface area contributed by atoms with Crippen molar-refractivity contribution in [3.05, 3.63) is 35.9 Å². The van der Waals surface area contributed by atoms with E-state index in [4.69, 9.17) is 9.84 Å². The Kier molecular flexibility index (Phi) is 10.3. The summed E-state index contributed by atoms with van der Waals surface area (Å²) in [6.07, 6.45) is 0.890. The molecule has 0 fully saturated rings. The van der Waals surface area contributed by atoms with Gasteiger partial charge in [-0.3, -0.25) is 19.2 Å². The van der Waals surface area contributed by atoms with E-state index in [1.807, 2.05) is 13.0 Å². The Bertz CT molecular complexity index is 662. The normalized spacial score (nSPS) is 11.4. The van der Waals surface area contributed by atoms with Crippen LogP contribution in [0.2, 0.25) is 0 Å². The number of esters is 1. The van der Waals surface area contributed by atoms with E-state index in [0.29, 0.717) is 6.42 Å². The number of unbranched alkanes of at least 4 members (excludes halogenated alkanes) is 1. The Morgan fingerprint density at radius 1 is 1.14 bits per heavy atom. The second kappa shape index (κ2) is 12.5. The molecule has 8 heteroatoms. The van der Waals surface area contributed by atoms with Gasteiger partial charge >= 0.3 is 11.9 Å². The molecule has 0 aliphatic carbocycles. The molecular weight excluding hydrogens is 364 g/mol. The lowest BCUT2D eigenvalue weighted by Crippen LogP contribution is -2.51. The number of rotatable bonds is 12. The van der Waals surface area contributed by atoms with Crippen molar-refractivity contribution in [1.29, 1.82) is 0 Å². The molecule has 1 atom stereocenters. The maximum absolute atomic E-state index is 12.9. The lowest BCUT2D eigenvalue weighted by molar-refractivity contribution is -0.150. The van der Waals surface area contributed by atoms with Crippen LogP contribution in [0.4, 0.5) is 0 Å². The molecule has 2 N–H and O–H groups in total. The van der Waals surface area contributed by atoms with Gasteiger partial charge < -0.3 is 20.1 Å². The van der Waals surface area contributed by atoms with E-state index in [-0.39, 0.29) is 26.1 Å². The SMILES string of the molecule is CCCCN(CC(=O)OCC)C(=O)[C@H](CC(=O)O)NC(=O)Cc1ccccc1. The molecule has 0 heterocycles. The Hall–Kier alpha value is -2.90. The fourth-order valence-corrected chi connectivity index (χ4v) is 2.60. The van der Waals surface area contributed by atoms with Gasteiger partial charge in [0.1, 0.15) is 12.6 Å². The highest BCUT2D eigenvalue weighted by Crippen LogP contribution is 2.06. The standard InChI is InChI=1S/C20H28N2O6/c1-3-5-11-22(14-19(26)28-4-2)20(27)16(13-18(24)25)21-17(23)12-15-9-7-6-8-10-15/h6-10,16H,3-5,11-14H2,1-2H3,(H,21,23)(H,24,25)/t16-/m0/s1. The van der Waals surface area contributed by atoms with Crippen LogP contribution in [0, 0.1) is 0 Å². The highest BCUT2D eigenvalue weighted by molar-refractivity contribution is 5.92. The maximum atomic E-state index is 12.9. The van der Waals surface area contributed by atoms with Crippen molar-refractivity contribution >= 4 is 23.8 Å². The van der Waals surface area contributed by atoms with Gasteiger partial charge in [-0.2, -0.15) is 0 Å². The maximum Gasteiger partial charge on any atom is 0.325 e. The predicted octanol–water partition coefficient (Wildman–Crippen LogP) is 1.38. The minimum absolute atomic E-state index is 0.0249. The average Bonchev–Trinajstić information content (AvgIpc) is 2.64. The third-order valence-electron chi connectivity index (χ3n) is 3.94. The lowest BCUT2D eigenvalue weighted by Gasteiger charge is -2.26. The van der Waals surface area contributed by atoms with Crippen LogP contribution in [0.3, 0.4) is 0 Å². The summed E-state index contributed by atoms with van der Waals surface area (Å²) in [5.74, 6) is -2.86. The van der Waals surface area contributed by atoms with E-state index in [1.165, 1.54) is 4.90 Å². The molecule has 2 amide bonds. The summed E-state index contributed by atoms with van der Waals surface area (Å²) < 4.78 is 4.89. The summed E-state index contributed by atoms with van der Waals surface area (Å²) in [4.78, 5) is 49.4. The zero-order chi connectivity index (χ0) is 20.9. The molecule has 1 aromatic rings. The molecule has 0 radical (unpaired) electrons. The van der Waals surface area contributed by atoms with Gasteiger partial charge in [-0.25, -0.2) is 0 Å². The highest BCUT2D eigenvalue weighted by Gasteiger charge is 2.29. The van der Waals surface area contributed by atoms with Gasteiger partial charge in [0.15, 0.2) is 0 Å². The minimum atomic E-state index is -1.25. The van der Waals surface area contributed by atoms with Gasteiger partial charge in [-0.05, 0) is 18.9 Å². The summed E-state index contributed by atoms with van der Waals surface area (Å²) in [6.45, 7) is 3.77. The fraction of sp³-hybridized carbons (Fsp3) is 0.500. The quantitative estimate of drug-likeness (QED) is 0.520. The van der Waals surface area contributed by atoms with Gasteiger partial charge in [-0.15, -0.1) is 0 Å². The van der Waals surface area contributed by atoms with E-state index >= 15 is 0 Å². The monoisotopic (exact) mass is 392 g/mol. The molecule has 1 rings (SSSR count). The number of hydrogen-bond donors (Lipinski definition) is 2. The van der Waals surface area contributed by atoms with E-state index in [2.05, 4.69) is 5.32 Å². The second-order valence-electron chi connectivity index (χ2n) is 6.30. The van der Waals surface area contributed by atoms with Gasteiger partial charge in [0.2, 0.25) is 11.8 Å². The molecule has 0 aliphatic rings. The second-order valence-corrected chi connectivity index (χ2v) is 6.30. The van der Waals surface area contributed by atoms with Gasteiger partial charge in [0.25, 0.3) is 0 Å². The van der Waals surface area contributed by atoms with E-state index in [1.54, 1.807) is 31.2 Å². The molecule has 0 aromatic heterocycles. The van der Waals surface area contributed by atoms with Crippen LogP contribution in [0.5, 0.6) is 0 Å². The van der Waals surface area contributed by atoms with Crippen LogP contribution in [-0.2, 0) is 30.3 Å². The number of carbonyl (C=O) groups excluding carboxylic acids is 3. The van der Waals surface area contributed by atoms with Crippen LogP contribution in [0.15, 0.2) is 30.3 Å². The number of aliphatic carboxylic acids is 1. The third kappa shape index (κ3) is 8.66. The van der Waals surface area contributed by atoms with Crippen molar-refractivity contribution in [3.8, 4) is 0 Å². The van der Waals surface area contributed by atoms with Crippen molar-refractivity contribution in [3.63, 3.8) is 0 Å². The van der Waals surface area contributed by atoms with Crippen LogP contribution >= 0.6 is 0 Å². The number of hydrogen-bond acceptors (Lipinski definition) is 5. The summed E-state index contributed by atoms with van der Waals surface area (Å²) in [6, 6.07) is 7.67. The molecule has 0 bridgehead atoms. The predicted molar refractivity (Wildman–Crippen MR) is 102 cm³/mol. The van der Waals surface area contributed by atoms with Crippen LogP contribution in [-0.4, -0.2) is 59.5 Å². The number of carbonyl (C=O) groups is 4. The first-order chi connectivity index (χ1) is 13.4. The summed E-state index contributed by atoms with van der Waals surface area (Å²) in [5.41, 5.74) is 0.746. The number of nitrogens with zero attached hydrogens (tertiary/aromatic N) is 1.